The second kappa shape index (κ2) is 5.60. The molecule has 6 heteroatoms. The second-order valence-corrected chi connectivity index (χ2v) is 6.10. The molecule has 0 saturated carbocycles. The van der Waals surface area contributed by atoms with Gasteiger partial charge in [-0.15, -0.1) is 0 Å². The number of pyridine rings is 1. The first-order chi connectivity index (χ1) is 7.85. The molecule has 94 valence electrons. The van der Waals surface area contributed by atoms with Gasteiger partial charge in [0.05, 0.1) is 10.6 Å². The molecule has 0 aromatic carbocycles. The Kier molecular flexibility index (Phi) is 4.65. The van der Waals surface area contributed by atoms with E-state index in [-0.39, 0.29) is 10.3 Å². The molecule has 0 aliphatic heterocycles. The number of anilines is 1. The Morgan fingerprint density at radius 2 is 2.29 bits per heavy atom. The number of rotatable bonds is 5. The average molecular weight is 275 g/mol. The largest absolute Gasteiger partial charge is 0.478 e. The number of thioether (sulfide) groups is 1. The van der Waals surface area contributed by atoms with E-state index < -0.39 is 5.97 Å². The predicted molar refractivity (Wildman–Crippen MR) is 72.3 cm³/mol. The number of hydrogen-bond donors (Lipinski definition) is 2. The summed E-state index contributed by atoms with van der Waals surface area (Å²) in [6, 6.07) is 1.39. The van der Waals surface area contributed by atoms with Crippen molar-refractivity contribution in [2.45, 2.75) is 18.6 Å². The van der Waals surface area contributed by atoms with E-state index in [1.165, 1.54) is 12.3 Å². The van der Waals surface area contributed by atoms with Crippen LogP contribution in [0.4, 0.5) is 5.82 Å². The highest BCUT2D eigenvalue weighted by Crippen LogP contribution is 2.24. The van der Waals surface area contributed by atoms with Crippen molar-refractivity contribution in [3.63, 3.8) is 0 Å². The normalized spacial score (nSPS) is 11.3. The number of nitrogens with zero attached hydrogens (tertiary/aromatic N) is 1. The number of carboxylic acid groups (broad SMARTS) is 1. The van der Waals surface area contributed by atoms with E-state index in [1.54, 1.807) is 11.8 Å². The van der Waals surface area contributed by atoms with Crippen molar-refractivity contribution in [1.82, 2.24) is 4.98 Å². The minimum atomic E-state index is -1.03. The lowest BCUT2D eigenvalue weighted by Crippen LogP contribution is -2.26. The van der Waals surface area contributed by atoms with Crippen LogP contribution >= 0.6 is 23.4 Å². The van der Waals surface area contributed by atoms with Crippen molar-refractivity contribution in [3.8, 4) is 0 Å². The van der Waals surface area contributed by atoms with Gasteiger partial charge in [-0.3, -0.25) is 0 Å². The van der Waals surface area contributed by atoms with E-state index >= 15 is 0 Å². The van der Waals surface area contributed by atoms with Crippen LogP contribution in [0.2, 0.25) is 5.02 Å². The number of carboxylic acids is 1. The maximum Gasteiger partial charge on any atom is 0.337 e. The van der Waals surface area contributed by atoms with Gasteiger partial charge in [-0.05, 0) is 26.2 Å². The molecule has 0 bridgehead atoms. The third-order valence-corrected chi connectivity index (χ3v) is 3.86. The Labute approximate surface area is 110 Å². The number of hydrogen-bond acceptors (Lipinski definition) is 4. The zero-order valence-electron chi connectivity index (χ0n) is 9.95. The van der Waals surface area contributed by atoms with Crippen LogP contribution in [0.3, 0.4) is 0 Å². The summed E-state index contributed by atoms with van der Waals surface area (Å²) in [7, 11) is 0. The molecule has 1 heterocycles. The summed E-state index contributed by atoms with van der Waals surface area (Å²) in [6.45, 7) is 4.90. The van der Waals surface area contributed by atoms with Gasteiger partial charge in [-0.2, -0.15) is 11.8 Å². The molecule has 0 saturated heterocycles. The molecule has 0 aliphatic rings. The maximum absolute atomic E-state index is 10.7. The monoisotopic (exact) mass is 274 g/mol. The summed E-state index contributed by atoms with van der Waals surface area (Å²) >= 11 is 7.68. The third kappa shape index (κ3) is 4.09. The number of carbonyl (C=O) groups is 1. The maximum atomic E-state index is 10.7. The first-order valence-electron chi connectivity index (χ1n) is 5.03. The first-order valence-corrected chi connectivity index (χ1v) is 6.64. The molecule has 0 spiro atoms. The number of halogens is 1. The molecule has 0 aliphatic carbocycles. The van der Waals surface area contributed by atoms with E-state index in [4.69, 9.17) is 16.7 Å². The summed E-state index contributed by atoms with van der Waals surface area (Å²) < 4.78 is 0.0660. The smallest absolute Gasteiger partial charge is 0.337 e. The number of nitrogens with one attached hydrogen (secondary N) is 1. The summed E-state index contributed by atoms with van der Waals surface area (Å²) in [4.78, 5) is 14.7. The van der Waals surface area contributed by atoms with E-state index in [1.807, 2.05) is 6.26 Å². The molecule has 0 amide bonds. The lowest BCUT2D eigenvalue weighted by atomic mass is 10.2. The molecule has 17 heavy (non-hydrogen) atoms. The Morgan fingerprint density at radius 1 is 1.65 bits per heavy atom. The minimum Gasteiger partial charge on any atom is -0.478 e. The highest BCUT2D eigenvalue weighted by molar-refractivity contribution is 7.99. The summed E-state index contributed by atoms with van der Waals surface area (Å²) in [6.07, 6.45) is 3.33. The van der Waals surface area contributed by atoms with Gasteiger partial charge in [-0.1, -0.05) is 11.6 Å². The summed E-state index contributed by atoms with van der Waals surface area (Å²) in [5.41, 5.74) is 0.0877. The van der Waals surface area contributed by atoms with Crippen LogP contribution in [0, 0.1) is 0 Å². The molecule has 0 fully saturated rings. The Balaban J connectivity index is 2.77. The Bertz CT molecular complexity index is 424. The zero-order chi connectivity index (χ0) is 13.1. The summed E-state index contributed by atoms with van der Waals surface area (Å²) in [5, 5.41) is 12.2. The predicted octanol–water partition coefficient (Wildman–Crippen LogP) is 2.99. The van der Waals surface area contributed by atoms with Gasteiger partial charge < -0.3 is 10.4 Å². The topological polar surface area (TPSA) is 62.2 Å². The lowest BCUT2D eigenvalue weighted by molar-refractivity contribution is 0.0696. The number of aromatic carboxylic acids is 1. The average Bonchev–Trinajstić information content (AvgIpc) is 2.27. The van der Waals surface area contributed by atoms with E-state index in [0.29, 0.717) is 17.4 Å². The third-order valence-electron chi connectivity index (χ3n) is 2.32. The van der Waals surface area contributed by atoms with Crippen molar-refractivity contribution >= 4 is 35.1 Å². The fourth-order valence-corrected chi connectivity index (χ4v) is 1.50. The van der Waals surface area contributed by atoms with Crippen LogP contribution in [0.1, 0.15) is 24.2 Å². The van der Waals surface area contributed by atoms with E-state index in [0.717, 1.165) is 0 Å². The lowest BCUT2D eigenvalue weighted by Gasteiger charge is -2.22. The highest BCUT2D eigenvalue weighted by atomic mass is 35.5. The molecule has 2 N–H and O–H groups in total. The van der Waals surface area contributed by atoms with Crippen molar-refractivity contribution < 1.29 is 9.90 Å². The molecule has 1 aromatic rings. The van der Waals surface area contributed by atoms with Crippen molar-refractivity contribution in [3.05, 3.63) is 22.8 Å². The van der Waals surface area contributed by atoms with Gasteiger partial charge in [0.15, 0.2) is 0 Å². The van der Waals surface area contributed by atoms with Gasteiger partial charge in [0.1, 0.15) is 5.82 Å². The van der Waals surface area contributed by atoms with Gasteiger partial charge in [0.25, 0.3) is 0 Å². The zero-order valence-corrected chi connectivity index (χ0v) is 11.5. The van der Waals surface area contributed by atoms with Gasteiger partial charge in [-0.25, -0.2) is 9.78 Å². The van der Waals surface area contributed by atoms with Crippen LogP contribution in [0.5, 0.6) is 0 Å². The van der Waals surface area contributed by atoms with Crippen LogP contribution in [0.15, 0.2) is 12.3 Å². The Hall–Kier alpha value is -0.940. The van der Waals surface area contributed by atoms with E-state index in [2.05, 4.69) is 24.1 Å². The van der Waals surface area contributed by atoms with Crippen LogP contribution in [0.25, 0.3) is 0 Å². The SMILES string of the molecule is CSC(C)(C)CNc1ncc(C(=O)O)cc1Cl. The second-order valence-electron chi connectivity index (χ2n) is 4.18. The first kappa shape index (κ1) is 14.1. The van der Waals surface area contributed by atoms with Gasteiger partial charge in [0.2, 0.25) is 0 Å². The van der Waals surface area contributed by atoms with Crippen LogP contribution in [-0.2, 0) is 0 Å². The molecule has 4 nitrogen and oxygen atoms in total. The standard InChI is InChI=1S/C11H15ClN2O2S/c1-11(2,17-3)6-14-9-8(12)4-7(5-13-9)10(15)16/h4-5H,6H2,1-3H3,(H,13,14)(H,15,16). The molecule has 1 rings (SSSR count). The molecule has 0 unspecified atom stereocenters. The van der Waals surface area contributed by atoms with Gasteiger partial charge >= 0.3 is 5.97 Å². The van der Waals surface area contributed by atoms with Gasteiger partial charge in [0, 0.05) is 17.5 Å². The molecule has 0 atom stereocenters. The molecular weight excluding hydrogens is 260 g/mol. The molecule has 0 radical (unpaired) electrons. The summed E-state index contributed by atoms with van der Waals surface area (Å²) in [5.74, 6) is -0.519. The fourth-order valence-electron chi connectivity index (χ4n) is 1.05. The van der Waals surface area contributed by atoms with Crippen LogP contribution in [-0.4, -0.2) is 33.6 Å². The van der Waals surface area contributed by atoms with Crippen molar-refractivity contribution in [2.24, 2.45) is 0 Å². The quantitative estimate of drug-likeness (QED) is 0.864. The van der Waals surface area contributed by atoms with Crippen LogP contribution < -0.4 is 5.32 Å². The fraction of sp³-hybridized carbons (Fsp3) is 0.455. The van der Waals surface area contributed by atoms with E-state index in [9.17, 15) is 4.79 Å². The molecule has 1 aromatic heterocycles. The van der Waals surface area contributed by atoms with Crippen molar-refractivity contribution in [2.75, 3.05) is 18.1 Å². The minimum absolute atomic E-state index is 0.0660. The highest BCUT2D eigenvalue weighted by Gasteiger charge is 2.16. The Morgan fingerprint density at radius 3 is 2.76 bits per heavy atom. The van der Waals surface area contributed by atoms with Crippen molar-refractivity contribution in [1.29, 1.82) is 0 Å². The molecular formula is C11H15ClN2O2S. The number of aromatic nitrogens is 1.